The van der Waals surface area contributed by atoms with Crippen molar-refractivity contribution in [2.75, 3.05) is 19.6 Å². The Bertz CT molecular complexity index is 609. The molecule has 24 heavy (non-hydrogen) atoms. The Morgan fingerprint density at radius 2 is 1.88 bits per heavy atom. The van der Waals surface area contributed by atoms with E-state index in [-0.39, 0.29) is 35.9 Å². The van der Waals surface area contributed by atoms with Gasteiger partial charge in [-0.05, 0) is 37.3 Å². The number of halogens is 4. The van der Waals surface area contributed by atoms with Crippen molar-refractivity contribution in [2.45, 2.75) is 19.6 Å². The molecule has 1 aromatic carbocycles. The fourth-order valence-electron chi connectivity index (χ4n) is 1.98. The number of benzene rings is 1. The van der Waals surface area contributed by atoms with Crippen LogP contribution in [0.4, 0.5) is 4.39 Å². The van der Waals surface area contributed by atoms with E-state index in [9.17, 15) is 4.39 Å². The van der Waals surface area contributed by atoms with Crippen LogP contribution in [0.1, 0.15) is 12.7 Å². The van der Waals surface area contributed by atoms with Gasteiger partial charge in [0.05, 0.1) is 17.7 Å². The molecule has 0 bridgehead atoms. The molecule has 2 aromatic rings. The lowest BCUT2D eigenvalue weighted by atomic mass is 10.2. The van der Waals surface area contributed by atoms with Gasteiger partial charge in [-0.15, -0.1) is 0 Å². The molecule has 0 amide bonds. The summed E-state index contributed by atoms with van der Waals surface area (Å²) in [5.74, 6) is 1.01. The standard InChI is InChI=1S/C16H20ClFN2O2.2ClH/c1-11(21)9-19-6-7-20-10-13-3-5-16(22-13)12-2-4-15(18)14(17)8-12;;/h2-5,8,11,19-21H,6-7,9-10H2,1H3;2*1H/p-2. The average Bonchev–Trinajstić information content (AvgIpc) is 2.94. The van der Waals surface area contributed by atoms with Crippen LogP contribution in [0.25, 0.3) is 11.3 Å². The maximum Gasteiger partial charge on any atom is 0.141 e. The Morgan fingerprint density at radius 1 is 1.17 bits per heavy atom. The summed E-state index contributed by atoms with van der Waals surface area (Å²) in [7, 11) is 0. The van der Waals surface area contributed by atoms with Crippen LogP contribution in [0, 0.1) is 5.82 Å². The summed E-state index contributed by atoms with van der Waals surface area (Å²) in [4.78, 5) is 0. The summed E-state index contributed by atoms with van der Waals surface area (Å²) in [5, 5.41) is 15.5. The maximum atomic E-state index is 13.1. The average molecular weight is 398 g/mol. The molecule has 3 N–H and O–H groups in total. The molecule has 1 atom stereocenters. The predicted molar refractivity (Wildman–Crippen MR) is 85.4 cm³/mol. The van der Waals surface area contributed by atoms with Gasteiger partial charge in [0, 0.05) is 25.2 Å². The second kappa shape index (κ2) is 11.7. The zero-order valence-corrected chi connectivity index (χ0v) is 15.4. The Balaban J connectivity index is 0.00000264. The molecule has 0 aliphatic heterocycles. The first-order chi connectivity index (χ1) is 10.6. The highest BCUT2D eigenvalue weighted by molar-refractivity contribution is 6.31. The number of hydrogen-bond donors (Lipinski definition) is 3. The van der Waals surface area contributed by atoms with Gasteiger partial charge in [-0.3, -0.25) is 0 Å². The number of rotatable bonds is 8. The third-order valence-electron chi connectivity index (χ3n) is 3.08. The van der Waals surface area contributed by atoms with Gasteiger partial charge in [0.25, 0.3) is 0 Å². The van der Waals surface area contributed by atoms with E-state index in [1.165, 1.54) is 6.07 Å². The minimum absolute atomic E-state index is 0. The molecule has 0 radical (unpaired) electrons. The molecule has 0 aliphatic carbocycles. The van der Waals surface area contributed by atoms with Crippen LogP contribution < -0.4 is 35.4 Å². The summed E-state index contributed by atoms with van der Waals surface area (Å²) in [6, 6.07) is 8.23. The highest BCUT2D eigenvalue weighted by Crippen LogP contribution is 2.26. The molecule has 8 heteroatoms. The quantitative estimate of drug-likeness (QED) is 0.411. The van der Waals surface area contributed by atoms with Gasteiger partial charge in [0.2, 0.25) is 0 Å². The summed E-state index contributed by atoms with van der Waals surface area (Å²) < 4.78 is 18.8. The monoisotopic (exact) mass is 396 g/mol. The zero-order valence-electron chi connectivity index (χ0n) is 13.2. The molecular weight excluding hydrogens is 378 g/mol. The molecule has 1 aromatic heterocycles. The molecule has 0 aliphatic rings. The van der Waals surface area contributed by atoms with Gasteiger partial charge in [0.15, 0.2) is 0 Å². The van der Waals surface area contributed by atoms with Crippen molar-refractivity contribution in [1.29, 1.82) is 0 Å². The molecule has 0 saturated heterocycles. The van der Waals surface area contributed by atoms with Gasteiger partial charge >= 0.3 is 0 Å². The molecule has 0 spiro atoms. The fraction of sp³-hybridized carbons (Fsp3) is 0.375. The summed E-state index contributed by atoms with van der Waals surface area (Å²) in [6.07, 6.45) is -0.338. The first-order valence-electron chi connectivity index (χ1n) is 7.20. The Labute approximate surface area is 158 Å². The number of aliphatic hydroxyl groups is 1. The predicted octanol–water partition coefficient (Wildman–Crippen LogP) is -3.19. The Hall–Kier alpha value is -0.820. The molecule has 0 fully saturated rings. The topological polar surface area (TPSA) is 57.4 Å². The molecule has 2 rings (SSSR count). The van der Waals surface area contributed by atoms with Gasteiger partial charge in [-0.2, -0.15) is 0 Å². The summed E-state index contributed by atoms with van der Waals surface area (Å²) in [5.41, 5.74) is 0.747. The van der Waals surface area contributed by atoms with Crippen molar-refractivity contribution < 1.29 is 38.7 Å². The summed E-state index contributed by atoms with van der Waals surface area (Å²) >= 11 is 5.77. The third-order valence-corrected chi connectivity index (χ3v) is 3.37. The highest BCUT2D eigenvalue weighted by Gasteiger charge is 2.07. The molecule has 1 unspecified atom stereocenters. The second-order valence-electron chi connectivity index (χ2n) is 5.12. The van der Waals surface area contributed by atoms with Crippen LogP contribution in [0.2, 0.25) is 5.02 Å². The SMILES string of the molecule is CC(O)CNCCNCc1ccc(-c2ccc(F)c(Cl)c2)o1.[Cl-].[Cl-]. The summed E-state index contributed by atoms with van der Waals surface area (Å²) in [6.45, 7) is 4.47. The van der Waals surface area contributed by atoms with E-state index in [0.29, 0.717) is 18.8 Å². The maximum absolute atomic E-state index is 13.1. The molecule has 136 valence electrons. The first-order valence-corrected chi connectivity index (χ1v) is 7.57. The van der Waals surface area contributed by atoms with Crippen LogP contribution in [0.5, 0.6) is 0 Å². The van der Waals surface area contributed by atoms with Crippen molar-refractivity contribution in [3.63, 3.8) is 0 Å². The van der Waals surface area contributed by atoms with Gasteiger partial charge in [-0.25, -0.2) is 4.39 Å². The first kappa shape index (κ1) is 23.2. The number of hydrogen-bond acceptors (Lipinski definition) is 4. The normalized spacial score (nSPS) is 11.5. The van der Waals surface area contributed by atoms with Crippen molar-refractivity contribution >= 4 is 11.6 Å². The van der Waals surface area contributed by atoms with Crippen molar-refractivity contribution in [3.05, 3.63) is 46.9 Å². The number of furan rings is 1. The van der Waals surface area contributed by atoms with Gasteiger partial charge in [-0.1, -0.05) is 11.6 Å². The van der Waals surface area contributed by atoms with Crippen molar-refractivity contribution in [1.82, 2.24) is 10.6 Å². The Kier molecular flexibility index (Phi) is 11.3. The lowest BCUT2D eigenvalue weighted by Crippen LogP contribution is -3.00. The van der Waals surface area contributed by atoms with Gasteiger partial charge < -0.3 is 45.0 Å². The largest absolute Gasteiger partial charge is 1.00 e. The van der Waals surface area contributed by atoms with E-state index in [1.54, 1.807) is 19.1 Å². The lowest BCUT2D eigenvalue weighted by molar-refractivity contribution is -0.00100. The smallest absolute Gasteiger partial charge is 0.141 e. The van der Waals surface area contributed by atoms with Crippen molar-refractivity contribution in [3.8, 4) is 11.3 Å². The van der Waals surface area contributed by atoms with E-state index in [4.69, 9.17) is 21.1 Å². The van der Waals surface area contributed by atoms with Gasteiger partial charge in [0.1, 0.15) is 17.3 Å². The van der Waals surface area contributed by atoms with E-state index in [1.807, 2.05) is 12.1 Å². The van der Waals surface area contributed by atoms with Crippen molar-refractivity contribution in [2.24, 2.45) is 0 Å². The molecular formula is C16H20Cl3FN2O2-2. The van der Waals surface area contributed by atoms with Crippen LogP contribution in [0.15, 0.2) is 34.7 Å². The zero-order chi connectivity index (χ0) is 15.9. The molecule has 1 heterocycles. The van der Waals surface area contributed by atoms with E-state index in [0.717, 1.165) is 24.4 Å². The molecule has 4 nitrogen and oxygen atoms in total. The number of aliphatic hydroxyl groups excluding tert-OH is 1. The third kappa shape index (κ3) is 7.38. The number of nitrogens with one attached hydrogen (secondary N) is 2. The minimum atomic E-state index is -0.441. The van der Waals surface area contributed by atoms with Crippen LogP contribution in [-0.2, 0) is 6.54 Å². The van der Waals surface area contributed by atoms with E-state index < -0.39 is 5.82 Å². The fourth-order valence-corrected chi connectivity index (χ4v) is 2.16. The minimum Gasteiger partial charge on any atom is -1.00 e. The van der Waals surface area contributed by atoms with Crippen LogP contribution in [0.3, 0.4) is 0 Å². The van der Waals surface area contributed by atoms with E-state index in [2.05, 4.69) is 10.6 Å². The second-order valence-corrected chi connectivity index (χ2v) is 5.53. The van der Waals surface area contributed by atoms with Crippen LogP contribution in [-0.4, -0.2) is 30.8 Å². The Morgan fingerprint density at radius 3 is 2.54 bits per heavy atom. The lowest BCUT2D eigenvalue weighted by Gasteiger charge is -2.07. The van der Waals surface area contributed by atoms with E-state index >= 15 is 0 Å². The highest BCUT2D eigenvalue weighted by atomic mass is 35.5. The molecule has 0 saturated carbocycles. The van der Waals surface area contributed by atoms with Crippen LogP contribution >= 0.6 is 11.6 Å².